The van der Waals surface area contributed by atoms with E-state index >= 15 is 0 Å². The molecule has 6 nitrogen and oxygen atoms in total. The van der Waals surface area contributed by atoms with E-state index in [4.69, 9.17) is 11.6 Å². The summed E-state index contributed by atoms with van der Waals surface area (Å²) in [5, 5.41) is 11.6. The lowest BCUT2D eigenvalue weighted by atomic mass is 9.96. The van der Waals surface area contributed by atoms with Gasteiger partial charge in [0.05, 0.1) is 18.2 Å². The van der Waals surface area contributed by atoms with Crippen LogP contribution >= 0.6 is 11.6 Å². The third-order valence-corrected chi connectivity index (χ3v) is 6.48. The zero-order valence-corrected chi connectivity index (χ0v) is 19.3. The summed E-state index contributed by atoms with van der Waals surface area (Å²) in [6, 6.07) is 12.7. The van der Waals surface area contributed by atoms with E-state index in [9.17, 15) is 9.90 Å². The molecule has 0 spiro atoms. The highest BCUT2D eigenvalue weighted by atomic mass is 35.5. The SMILES string of the molecule is CCN1CCN(C(c2cccc(Cl)c2)c2c(O)cc(C)n(Cc3cccnc3)c2=O)CC1. The Kier molecular flexibility index (Phi) is 6.94. The van der Waals surface area contributed by atoms with Crippen LogP contribution in [0.4, 0.5) is 0 Å². The minimum Gasteiger partial charge on any atom is -0.507 e. The average Bonchev–Trinajstić information content (AvgIpc) is 2.80. The van der Waals surface area contributed by atoms with Crippen LogP contribution in [0.15, 0.2) is 59.7 Å². The molecule has 2 aromatic heterocycles. The molecule has 3 aromatic rings. The molecule has 0 aliphatic carbocycles. The molecule has 0 amide bonds. The monoisotopic (exact) mass is 452 g/mol. The number of halogens is 1. The molecular weight excluding hydrogens is 424 g/mol. The molecule has 1 atom stereocenters. The Morgan fingerprint density at radius 3 is 2.56 bits per heavy atom. The number of piperazine rings is 1. The van der Waals surface area contributed by atoms with Crippen molar-refractivity contribution in [2.75, 3.05) is 32.7 Å². The first kappa shape index (κ1) is 22.5. The lowest BCUT2D eigenvalue weighted by Crippen LogP contribution is -2.48. The van der Waals surface area contributed by atoms with Gasteiger partial charge in [-0.2, -0.15) is 0 Å². The standard InChI is InChI=1S/C25H29ClN4O2/c1-3-28-10-12-29(13-11-28)24(20-7-4-8-21(26)15-20)23-22(31)14-18(2)30(25(23)32)17-19-6-5-9-27-16-19/h4-9,14-16,24,31H,3,10-13,17H2,1-2H3. The van der Waals surface area contributed by atoms with E-state index in [0.29, 0.717) is 22.8 Å². The van der Waals surface area contributed by atoms with E-state index in [2.05, 4.69) is 21.7 Å². The summed E-state index contributed by atoms with van der Waals surface area (Å²) in [7, 11) is 0. The van der Waals surface area contributed by atoms with E-state index in [1.807, 2.05) is 43.3 Å². The van der Waals surface area contributed by atoms with Crippen molar-refractivity contribution in [3.8, 4) is 5.75 Å². The van der Waals surface area contributed by atoms with Crippen LogP contribution in [0.5, 0.6) is 5.75 Å². The van der Waals surface area contributed by atoms with Gasteiger partial charge in [-0.1, -0.05) is 36.7 Å². The van der Waals surface area contributed by atoms with Crippen LogP contribution < -0.4 is 5.56 Å². The largest absolute Gasteiger partial charge is 0.507 e. The summed E-state index contributed by atoms with van der Waals surface area (Å²) in [5.41, 5.74) is 2.76. The third kappa shape index (κ3) is 4.72. The molecule has 7 heteroatoms. The highest BCUT2D eigenvalue weighted by molar-refractivity contribution is 6.30. The Morgan fingerprint density at radius 2 is 1.91 bits per heavy atom. The van der Waals surface area contributed by atoms with Crippen molar-refractivity contribution in [3.05, 3.63) is 92.6 Å². The fraction of sp³-hybridized carbons (Fsp3) is 0.360. The summed E-state index contributed by atoms with van der Waals surface area (Å²) in [5.74, 6) is 0.0258. The van der Waals surface area contributed by atoms with Crippen molar-refractivity contribution < 1.29 is 5.11 Å². The average molecular weight is 453 g/mol. The summed E-state index contributed by atoms with van der Waals surface area (Å²) in [4.78, 5) is 22.6. The molecule has 1 saturated heterocycles. The van der Waals surface area contributed by atoms with Crippen LogP contribution in [0, 0.1) is 6.92 Å². The van der Waals surface area contributed by atoms with Crippen molar-refractivity contribution in [3.63, 3.8) is 0 Å². The number of aromatic nitrogens is 2. The maximum absolute atomic E-state index is 13.8. The first-order chi connectivity index (χ1) is 15.5. The number of rotatable bonds is 6. The maximum atomic E-state index is 13.8. The fourth-order valence-corrected chi connectivity index (χ4v) is 4.67. The Bertz CT molecular complexity index is 1120. The van der Waals surface area contributed by atoms with Crippen molar-refractivity contribution in [1.29, 1.82) is 0 Å². The van der Waals surface area contributed by atoms with Gasteiger partial charge < -0.3 is 14.6 Å². The normalized spacial score (nSPS) is 16.2. The second-order valence-electron chi connectivity index (χ2n) is 8.26. The van der Waals surface area contributed by atoms with Gasteiger partial charge >= 0.3 is 0 Å². The van der Waals surface area contributed by atoms with Gasteiger partial charge in [0.1, 0.15) is 5.75 Å². The van der Waals surface area contributed by atoms with Gasteiger partial charge in [-0.05, 0) is 48.9 Å². The number of hydrogen-bond donors (Lipinski definition) is 1. The van der Waals surface area contributed by atoms with Crippen LogP contribution in [0.3, 0.4) is 0 Å². The second kappa shape index (κ2) is 9.86. The molecule has 1 aliphatic heterocycles. The molecule has 0 radical (unpaired) electrons. The molecule has 4 rings (SSSR count). The second-order valence-corrected chi connectivity index (χ2v) is 8.70. The maximum Gasteiger partial charge on any atom is 0.259 e. The molecule has 32 heavy (non-hydrogen) atoms. The first-order valence-corrected chi connectivity index (χ1v) is 11.4. The highest BCUT2D eigenvalue weighted by Crippen LogP contribution is 2.34. The van der Waals surface area contributed by atoms with Crippen LogP contribution in [0.25, 0.3) is 0 Å². The van der Waals surface area contributed by atoms with Crippen LogP contribution in [0.2, 0.25) is 5.02 Å². The van der Waals surface area contributed by atoms with E-state index in [-0.39, 0.29) is 17.4 Å². The molecule has 1 aliphatic rings. The van der Waals surface area contributed by atoms with E-state index < -0.39 is 0 Å². The number of aryl methyl sites for hydroxylation is 1. The molecule has 3 heterocycles. The molecule has 1 unspecified atom stereocenters. The Hall–Kier alpha value is -2.67. The predicted molar refractivity (Wildman–Crippen MR) is 127 cm³/mol. The Balaban J connectivity index is 1.82. The first-order valence-electron chi connectivity index (χ1n) is 11.0. The fourth-order valence-electron chi connectivity index (χ4n) is 4.47. The molecule has 1 fully saturated rings. The number of nitrogens with zero attached hydrogens (tertiary/aromatic N) is 4. The molecule has 0 saturated carbocycles. The topological polar surface area (TPSA) is 61.6 Å². The van der Waals surface area contributed by atoms with Crippen LogP contribution in [-0.2, 0) is 6.54 Å². The molecule has 0 bridgehead atoms. The zero-order valence-electron chi connectivity index (χ0n) is 18.5. The van der Waals surface area contributed by atoms with Crippen molar-refractivity contribution in [2.24, 2.45) is 0 Å². The van der Waals surface area contributed by atoms with Crippen molar-refractivity contribution in [1.82, 2.24) is 19.4 Å². The smallest absolute Gasteiger partial charge is 0.259 e. The zero-order chi connectivity index (χ0) is 22.7. The van der Waals surface area contributed by atoms with Crippen molar-refractivity contribution >= 4 is 11.6 Å². The highest BCUT2D eigenvalue weighted by Gasteiger charge is 2.31. The van der Waals surface area contributed by atoms with Gasteiger partial charge in [-0.15, -0.1) is 0 Å². The van der Waals surface area contributed by atoms with Gasteiger partial charge in [0.25, 0.3) is 5.56 Å². The third-order valence-electron chi connectivity index (χ3n) is 6.24. The Morgan fingerprint density at radius 1 is 1.12 bits per heavy atom. The van der Waals surface area contributed by atoms with Gasteiger partial charge in [0.15, 0.2) is 0 Å². The van der Waals surface area contributed by atoms with Gasteiger partial charge in [0.2, 0.25) is 0 Å². The lowest BCUT2D eigenvalue weighted by Gasteiger charge is -2.39. The van der Waals surface area contributed by atoms with Gasteiger partial charge in [-0.3, -0.25) is 14.7 Å². The quantitative estimate of drug-likeness (QED) is 0.618. The van der Waals surface area contributed by atoms with Crippen LogP contribution in [-0.4, -0.2) is 57.2 Å². The lowest BCUT2D eigenvalue weighted by molar-refractivity contribution is 0.111. The number of likely N-dealkylation sites (N-methyl/N-ethyl adjacent to an activating group) is 1. The minimum atomic E-state index is -0.374. The van der Waals surface area contributed by atoms with Gasteiger partial charge in [0, 0.05) is 49.3 Å². The van der Waals surface area contributed by atoms with Crippen molar-refractivity contribution in [2.45, 2.75) is 26.4 Å². The molecule has 1 N–H and O–H groups in total. The number of aromatic hydroxyl groups is 1. The molecule has 168 valence electrons. The summed E-state index contributed by atoms with van der Waals surface area (Å²) < 4.78 is 1.71. The summed E-state index contributed by atoms with van der Waals surface area (Å²) in [6.07, 6.45) is 3.48. The number of hydrogen-bond acceptors (Lipinski definition) is 5. The van der Waals surface area contributed by atoms with E-state index in [0.717, 1.165) is 43.9 Å². The number of pyridine rings is 2. The predicted octanol–water partition coefficient (Wildman–Crippen LogP) is 3.69. The number of benzene rings is 1. The van der Waals surface area contributed by atoms with E-state index in [1.54, 1.807) is 23.0 Å². The van der Waals surface area contributed by atoms with Gasteiger partial charge in [-0.25, -0.2) is 0 Å². The minimum absolute atomic E-state index is 0.0258. The Labute approximate surface area is 193 Å². The summed E-state index contributed by atoms with van der Waals surface area (Å²) in [6.45, 7) is 8.86. The molecular formula is C25H29ClN4O2. The molecule has 1 aromatic carbocycles. The van der Waals surface area contributed by atoms with E-state index in [1.165, 1.54) is 0 Å². The summed E-state index contributed by atoms with van der Waals surface area (Å²) >= 11 is 6.32. The van der Waals surface area contributed by atoms with Crippen LogP contribution in [0.1, 0.15) is 35.3 Å².